The summed E-state index contributed by atoms with van der Waals surface area (Å²) >= 11 is 0. The molecule has 0 aromatic heterocycles. The third-order valence-electron chi connectivity index (χ3n) is 11.1. The van der Waals surface area contributed by atoms with Gasteiger partial charge in [-0.15, -0.1) is 0 Å². The fourth-order valence-electron chi connectivity index (χ4n) is 7.39. The van der Waals surface area contributed by atoms with Crippen molar-refractivity contribution in [3.05, 3.63) is 12.2 Å². The molecule has 0 aromatic carbocycles. The summed E-state index contributed by atoms with van der Waals surface area (Å²) < 4.78 is 11.2. The Bertz CT molecular complexity index is 858. The van der Waals surface area contributed by atoms with Crippen molar-refractivity contribution in [3.8, 4) is 0 Å². The van der Waals surface area contributed by atoms with Crippen molar-refractivity contribution >= 4 is 5.91 Å². The summed E-state index contributed by atoms with van der Waals surface area (Å²) in [5.41, 5.74) is 0. The number of hydrogen-bond donors (Lipinski definition) is 6. The SMILES string of the molecule is CCCCCCCCC/C=C/[C@@H](O)[C@H](CO[C@H]1O[C@@H](CO)[C@H](O)C(O)C1O)NC(=O)CCCCCCCCCCCCCCCCCCCCCCCC. The van der Waals surface area contributed by atoms with Gasteiger partial charge in [0.25, 0.3) is 0 Å². The van der Waals surface area contributed by atoms with Crippen LogP contribution in [0.3, 0.4) is 0 Å². The predicted octanol–water partition coefficient (Wildman–Crippen LogP) is 9.34. The summed E-state index contributed by atoms with van der Waals surface area (Å²) in [5.74, 6) is -0.176. The summed E-state index contributed by atoms with van der Waals surface area (Å²) in [6.45, 7) is 3.75. The molecule has 0 aromatic rings. The first-order chi connectivity index (χ1) is 26.3. The molecule has 1 amide bonds. The third-order valence-corrected chi connectivity index (χ3v) is 11.1. The minimum Gasteiger partial charge on any atom is -0.394 e. The van der Waals surface area contributed by atoms with Crippen LogP contribution in [0.4, 0.5) is 0 Å². The highest BCUT2D eigenvalue weighted by molar-refractivity contribution is 5.76. The maximum absolute atomic E-state index is 12.9. The van der Waals surface area contributed by atoms with Crippen molar-refractivity contribution in [2.75, 3.05) is 13.2 Å². The summed E-state index contributed by atoms with van der Waals surface area (Å²) in [5, 5.41) is 54.0. The van der Waals surface area contributed by atoms with Gasteiger partial charge in [-0.1, -0.05) is 199 Å². The van der Waals surface area contributed by atoms with Gasteiger partial charge >= 0.3 is 0 Å². The topological polar surface area (TPSA) is 149 Å². The van der Waals surface area contributed by atoms with Crippen LogP contribution in [0, 0.1) is 0 Å². The van der Waals surface area contributed by atoms with Gasteiger partial charge < -0.3 is 40.3 Å². The number of unbranched alkanes of at least 4 members (excludes halogenated alkanes) is 28. The van der Waals surface area contributed by atoms with Gasteiger partial charge in [0.05, 0.1) is 25.4 Å². The molecule has 1 aliphatic heterocycles. The van der Waals surface area contributed by atoms with Crippen molar-refractivity contribution in [1.29, 1.82) is 0 Å². The van der Waals surface area contributed by atoms with E-state index >= 15 is 0 Å². The molecule has 320 valence electrons. The molecule has 0 saturated carbocycles. The van der Waals surface area contributed by atoms with Gasteiger partial charge in [0, 0.05) is 6.42 Å². The van der Waals surface area contributed by atoms with Gasteiger partial charge in [-0.3, -0.25) is 4.79 Å². The van der Waals surface area contributed by atoms with E-state index in [0.717, 1.165) is 38.5 Å². The maximum atomic E-state index is 12.9. The van der Waals surface area contributed by atoms with Crippen LogP contribution in [-0.2, 0) is 14.3 Å². The van der Waals surface area contributed by atoms with E-state index in [4.69, 9.17) is 9.47 Å². The fraction of sp³-hybridized carbons (Fsp3) is 0.933. The molecule has 2 unspecified atom stereocenters. The van der Waals surface area contributed by atoms with Gasteiger partial charge in [0.1, 0.15) is 24.4 Å². The highest BCUT2D eigenvalue weighted by atomic mass is 16.7. The Morgan fingerprint density at radius 1 is 0.611 bits per heavy atom. The third kappa shape index (κ3) is 26.7. The standard InChI is InChI=1S/C45H87NO8/c1-3-5-7-9-11-13-14-15-16-17-18-19-20-21-22-23-24-25-27-29-31-33-35-41(49)46-38(39(48)34-32-30-28-26-12-10-8-6-4-2)37-53-45-44(52)43(51)42(50)40(36-47)54-45/h32,34,38-40,42-45,47-48,50-52H,3-31,33,35-37H2,1-2H3,(H,46,49)/b34-32+/t38-,39+,40-,42-,43?,44?,45-/m0/s1. The molecule has 1 saturated heterocycles. The summed E-state index contributed by atoms with van der Waals surface area (Å²) in [6.07, 6.45) is 34.2. The number of aliphatic hydroxyl groups is 5. The van der Waals surface area contributed by atoms with Crippen molar-refractivity contribution in [1.82, 2.24) is 5.32 Å². The van der Waals surface area contributed by atoms with Crippen LogP contribution in [0.1, 0.15) is 213 Å². The first kappa shape index (κ1) is 50.9. The Labute approximate surface area is 331 Å². The Morgan fingerprint density at radius 2 is 1.02 bits per heavy atom. The number of rotatable bonds is 38. The first-order valence-electron chi connectivity index (χ1n) is 22.9. The number of carbonyl (C=O) groups excluding carboxylic acids is 1. The molecule has 1 rings (SSSR count). The maximum Gasteiger partial charge on any atom is 0.220 e. The minimum atomic E-state index is -1.56. The van der Waals surface area contributed by atoms with Crippen LogP contribution in [0.2, 0.25) is 0 Å². The number of carbonyl (C=O) groups is 1. The largest absolute Gasteiger partial charge is 0.394 e. The van der Waals surface area contributed by atoms with E-state index in [0.29, 0.717) is 6.42 Å². The molecular weight excluding hydrogens is 682 g/mol. The summed E-state index contributed by atoms with van der Waals surface area (Å²) in [4.78, 5) is 12.9. The Morgan fingerprint density at radius 3 is 1.44 bits per heavy atom. The van der Waals surface area contributed by atoms with E-state index in [-0.39, 0.29) is 12.5 Å². The van der Waals surface area contributed by atoms with E-state index < -0.39 is 49.5 Å². The Hall–Kier alpha value is -1.07. The van der Waals surface area contributed by atoms with Crippen LogP contribution in [-0.4, -0.2) is 87.5 Å². The molecular formula is C45H87NO8. The number of ether oxygens (including phenoxy) is 2. The lowest BCUT2D eigenvalue weighted by atomic mass is 9.99. The van der Waals surface area contributed by atoms with E-state index in [9.17, 15) is 30.3 Å². The number of amides is 1. The van der Waals surface area contributed by atoms with Crippen LogP contribution < -0.4 is 5.32 Å². The van der Waals surface area contributed by atoms with Crippen molar-refractivity contribution in [2.45, 2.75) is 256 Å². The van der Waals surface area contributed by atoms with Gasteiger partial charge in [0.15, 0.2) is 6.29 Å². The number of nitrogens with one attached hydrogen (secondary N) is 1. The lowest BCUT2D eigenvalue weighted by Crippen LogP contribution is -2.60. The number of allylic oxidation sites excluding steroid dienone is 1. The molecule has 54 heavy (non-hydrogen) atoms. The van der Waals surface area contributed by atoms with E-state index in [2.05, 4.69) is 19.2 Å². The van der Waals surface area contributed by atoms with Crippen molar-refractivity contribution in [3.63, 3.8) is 0 Å². The molecule has 1 fully saturated rings. The minimum absolute atomic E-state index is 0.176. The van der Waals surface area contributed by atoms with E-state index in [1.807, 2.05) is 6.08 Å². The highest BCUT2D eigenvalue weighted by Gasteiger charge is 2.44. The average molecular weight is 770 g/mol. The lowest BCUT2D eigenvalue weighted by Gasteiger charge is -2.40. The zero-order valence-electron chi connectivity index (χ0n) is 35.0. The molecule has 0 radical (unpaired) electrons. The monoisotopic (exact) mass is 770 g/mol. The van der Waals surface area contributed by atoms with Crippen LogP contribution in [0.25, 0.3) is 0 Å². The lowest BCUT2D eigenvalue weighted by molar-refractivity contribution is -0.302. The second-order valence-corrected chi connectivity index (χ2v) is 16.2. The Balaban J connectivity index is 2.23. The highest BCUT2D eigenvalue weighted by Crippen LogP contribution is 2.23. The Kier molecular flexibility index (Phi) is 34.2. The van der Waals surface area contributed by atoms with Gasteiger partial charge in [-0.05, 0) is 19.3 Å². The normalized spacial score (nSPS) is 21.5. The number of aliphatic hydroxyl groups excluding tert-OH is 5. The first-order valence-corrected chi connectivity index (χ1v) is 22.9. The van der Waals surface area contributed by atoms with Gasteiger partial charge in [0.2, 0.25) is 5.91 Å². The molecule has 0 bridgehead atoms. The quantitative estimate of drug-likeness (QED) is 0.0269. The van der Waals surface area contributed by atoms with Crippen LogP contribution >= 0.6 is 0 Å². The number of hydrogen-bond acceptors (Lipinski definition) is 8. The van der Waals surface area contributed by atoms with Crippen LogP contribution in [0.5, 0.6) is 0 Å². The molecule has 7 atom stereocenters. The van der Waals surface area contributed by atoms with Crippen molar-refractivity contribution < 1.29 is 39.8 Å². The second-order valence-electron chi connectivity index (χ2n) is 16.2. The average Bonchev–Trinajstić information content (AvgIpc) is 3.17. The summed E-state index contributed by atoms with van der Waals surface area (Å²) in [7, 11) is 0. The molecule has 1 heterocycles. The zero-order valence-corrected chi connectivity index (χ0v) is 35.0. The smallest absolute Gasteiger partial charge is 0.220 e. The molecule has 6 N–H and O–H groups in total. The fourth-order valence-corrected chi connectivity index (χ4v) is 7.39. The van der Waals surface area contributed by atoms with E-state index in [1.165, 1.54) is 154 Å². The molecule has 1 aliphatic rings. The van der Waals surface area contributed by atoms with Crippen LogP contribution in [0.15, 0.2) is 12.2 Å². The predicted molar refractivity (Wildman–Crippen MR) is 221 cm³/mol. The molecule has 9 nitrogen and oxygen atoms in total. The molecule has 9 heteroatoms. The molecule has 0 aliphatic carbocycles. The second kappa shape index (κ2) is 36.3. The molecule has 0 spiro atoms. The zero-order chi connectivity index (χ0) is 39.5. The van der Waals surface area contributed by atoms with Gasteiger partial charge in [-0.2, -0.15) is 0 Å². The van der Waals surface area contributed by atoms with Crippen molar-refractivity contribution in [2.24, 2.45) is 0 Å². The summed E-state index contributed by atoms with van der Waals surface area (Å²) in [6, 6.07) is -0.796. The van der Waals surface area contributed by atoms with E-state index in [1.54, 1.807) is 6.08 Å². The van der Waals surface area contributed by atoms with Gasteiger partial charge in [-0.25, -0.2) is 0 Å².